The SMILES string of the molecule is Cc1ccc(C2(C(=O)N(C)Cc3cc(C4CC4)n[nH]3)CC2(C)C)cc1. The zero-order chi connectivity index (χ0) is 17.8. The van der Waals surface area contributed by atoms with E-state index in [1.54, 1.807) is 0 Å². The number of H-pyrrole nitrogens is 1. The summed E-state index contributed by atoms with van der Waals surface area (Å²) in [5.41, 5.74) is 4.15. The van der Waals surface area contributed by atoms with Crippen LogP contribution in [0.2, 0.25) is 0 Å². The van der Waals surface area contributed by atoms with E-state index in [1.165, 1.54) is 18.4 Å². The van der Waals surface area contributed by atoms with Crippen molar-refractivity contribution in [3.8, 4) is 0 Å². The van der Waals surface area contributed by atoms with Crippen molar-refractivity contribution in [2.45, 2.75) is 57.9 Å². The van der Waals surface area contributed by atoms with Crippen molar-refractivity contribution in [2.75, 3.05) is 7.05 Å². The third kappa shape index (κ3) is 2.68. The number of likely N-dealkylation sites (N-methyl/N-ethyl adjacent to an activating group) is 1. The highest BCUT2D eigenvalue weighted by molar-refractivity contribution is 5.93. The summed E-state index contributed by atoms with van der Waals surface area (Å²) in [6, 6.07) is 10.6. The molecule has 0 radical (unpaired) electrons. The Hall–Kier alpha value is -2.10. The molecule has 1 aromatic heterocycles. The van der Waals surface area contributed by atoms with Gasteiger partial charge in [-0.2, -0.15) is 5.10 Å². The van der Waals surface area contributed by atoms with E-state index in [4.69, 9.17) is 0 Å². The van der Waals surface area contributed by atoms with E-state index in [9.17, 15) is 4.79 Å². The van der Waals surface area contributed by atoms with E-state index in [2.05, 4.69) is 61.3 Å². The van der Waals surface area contributed by atoms with Crippen molar-refractivity contribution in [1.82, 2.24) is 15.1 Å². The summed E-state index contributed by atoms with van der Waals surface area (Å²) in [7, 11) is 1.91. The van der Waals surface area contributed by atoms with Gasteiger partial charge in [0.15, 0.2) is 0 Å². The lowest BCUT2D eigenvalue weighted by Crippen LogP contribution is -2.39. The van der Waals surface area contributed by atoms with Crippen LogP contribution in [0.3, 0.4) is 0 Å². The van der Waals surface area contributed by atoms with E-state index < -0.39 is 5.41 Å². The Morgan fingerprint density at radius 3 is 2.48 bits per heavy atom. The Balaban J connectivity index is 1.55. The molecule has 0 aliphatic heterocycles. The molecule has 4 rings (SSSR count). The van der Waals surface area contributed by atoms with Crippen LogP contribution < -0.4 is 0 Å². The normalized spacial score (nSPS) is 24.2. The predicted octanol–water partition coefficient (Wildman–Crippen LogP) is 3.92. The fourth-order valence-corrected chi connectivity index (χ4v) is 4.14. The summed E-state index contributed by atoms with van der Waals surface area (Å²) in [6.07, 6.45) is 3.39. The standard InChI is InChI=1S/C21H27N3O/c1-14-5-9-16(10-6-14)21(13-20(21,2)3)19(25)24(4)12-17-11-18(23-22-17)15-7-8-15/h5-6,9-11,15H,7-8,12-13H2,1-4H3,(H,22,23). The van der Waals surface area contributed by atoms with Crippen LogP contribution in [0.4, 0.5) is 0 Å². The monoisotopic (exact) mass is 337 g/mol. The van der Waals surface area contributed by atoms with Gasteiger partial charge in [-0.1, -0.05) is 43.7 Å². The molecule has 2 fully saturated rings. The van der Waals surface area contributed by atoms with Crippen LogP contribution in [0.5, 0.6) is 0 Å². The first kappa shape index (κ1) is 16.4. The number of aromatic amines is 1. The number of hydrogen-bond acceptors (Lipinski definition) is 2. The van der Waals surface area contributed by atoms with Crippen molar-refractivity contribution < 1.29 is 4.79 Å². The van der Waals surface area contributed by atoms with E-state index in [-0.39, 0.29) is 11.3 Å². The maximum Gasteiger partial charge on any atom is 0.233 e. The molecule has 1 unspecified atom stereocenters. The van der Waals surface area contributed by atoms with Gasteiger partial charge in [-0.05, 0) is 43.2 Å². The molecule has 0 spiro atoms. The van der Waals surface area contributed by atoms with Crippen molar-refractivity contribution >= 4 is 5.91 Å². The molecular weight excluding hydrogens is 310 g/mol. The van der Waals surface area contributed by atoms with Crippen molar-refractivity contribution in [1.29, 1.82) is 0 Å². The molecule has 1 atom stereocenters. The zero-order valence-corrected chi connectivity index (χ0v) is 15.6. The van der Waals surface area contributed by atoms with E-state index in [0.717, 1.165) is 23.4 Å². The number of benzene rings is 1. The number of amides is 1. The van der Waals surface area contributed by atoms with Crippen LogP contribution in [0, 0.1) is 12.3 Å². The molecule has 4 nitrogen and oxygen atoms in total. The predicted molar refractivity (Wildman–Crippen MR) is 98.3 cm³/mol. The van der Waals surface area contributed by atoms with Gasteiger partial charge in [0, 0.05) is 13.0 Å². The quantitative estimate of drug-likeness (QED) is 0.899. The van der Waals surface area contributed by atoms with Crippen molar-refractivity contribution in [2.24, 2.45) is 5.41 Å². The number of aryl methyl sites for hydroxylation is 1. The molecule has 1 amide bonds. The number of carbonyl (C=O) groups is 1. The lowest BCUT2D eigenvalue weighted by molar-refractivity contribution is -0.134. The smallest absolute Gasteiger partial charge is 0.233 e. The summed E-state index contributed by atoms with van der Waals surface area (Å²) in [5.74, 6) is 0.844. The Morgan fingerprint density at radius 1 is 1.28 bits per heavy atom. The third-order valence-electron chi connectivity index (χ3n) is 6.05. The Labute approximate surface area is 149 Å². The molecule has 2 aliphatic rings. The van der Waals surface area contributed by atoms with Crippen molar-refractivity contribution in [3.63, 3.8) is 0 Å². The molecular formula is C21H27N3O. The van der Waals surface area contributed by atoms with E-state index >= 15 is 0 Å². The molecule has 1 aromatic carbocycles. The Morgan fingerprint density at radius 2 is 1.92 bits per heavy atom. The molecule has 25 heavy (non-hydrogen) atoms. The first-order valence-electron chi connectivity index (χ1n) is 9.20. The van der Waals surface area contributed by atoms with Crippen LogP contribution in [-0.4, -0.2) is 28.1 Å². The topological polar surface area (TPSA) is 49.0 Å². The third-order valence-corrected chi connectivity index (χ3v) is 6.05. The number of nitrogens with zero attached hydrogens (tertiary/aromatic N) is 2. The van der Waals surface area contributed by atoms with Gasteiger partial charge in [-0.3, -0.25) is 9.89 Å². The maximum absolute atomic E-state index is 13.4. The van der Waals surface area contributed by atoms with Gasteiger partial charge in [-0.25, -0.2) is 0 Å². The molecule has 4 heteroatoms. The van der Waals surface area contributed by atoms with E-state index in [0.29, 0.717) is 12.5 Å². The van der Waals surface area contributed by atoms with Gasteiger partial charge in [0.2, 0.25) is 5.91 Å². The van der Waals surface area contributed by atoms with Crippen LogP contribution in [-0.2, 0) is 16.8 Å². The van der Waals surface area contributed by atoms with Crippen LogP contribution >= 0.6 is 0 Å². The number of rotatable bonds is 5. The number of aromatic nitrogens is 2. The number of nitrogens with one attached hydrogen (secondary N) is 1. The molecule has 1 N–H and O–H groups in total. The second-order valence-corrected chi connectivity index (χ2v) is 8.59. The molecule has 132 valence electrons. The Bertz CT molecular complexity index is 801. The fourth-order valence-electron chi connectivity index (χ4n) is 4.14. The largest absolute Gasteiger partial charge is 0.339 e. The molecule has 0 saturated heterocycles. The highest BCUT2D eigenvalue weighted by atomic mass is 16.2. The van der Waals surface area contributed by atoms with Crippen LogP contribution in [0.1, 0.15) is 61.5 Å². The molecule has 1 heterocycles. The van der Waals surface area contributed by atoms with Gasteiger partial charge in [0.25, 0.3) is 0 Å². The minimum Gasteiger partial charge on any atom is -0.339 e. The average molecular weight is 337 g/mol. The average Bonchev–Trinajstić information content (AvgIpc) is 3.45. The minimum atomic E-state index is -0.394. The summed E-state index contributed by atoms with van der Waals surface area (Å²) < 4.78 is 0. The lowest BCUT2D eigenvalue weighted by Gasteiger charge is -2.26. The summed E-state index contributed by atoms with van der Waals surface area (Å²) in [4.78, 5) is 15.2. The maximum atomic E-state index is 13.4. The van der Waals surface area contributed by atoms with Gasteiger partial charge < -0.3 is 4.90 Å². The van der Waals surface area contributed by atoms with Gasteiger partial charge in [0.05, 0.1) is 23.3 Å². The van der Waals surface area contributed by atoms with Crippen LogP contribution in [0.25, 0.3) is 0 Å². The van der Waals surface area contributed by atoms with Gasteiger partial charge in [-0.15, -0.1) is 0 Å². The summed E-state index contributed by atoms with van der Waals surface area (Å²) in [6.45, 7) is 7.06. The lowest BCUT2D eigenvalue weighted by atomic mass is 9.86. The highest BCUT2D eigenvalue weighted by Crippen LogP contribution is 2.65. The number of carbonyl (C=O) groups excluding carboxylic acids is 1. The van der Waals surface area contributed by atoms with Crippen LogP contribution in [0.15, 0.2) is 30.3 Å². The van der Waals surface area contributed by atoms with Crippen molar-refractivity contribution in [3.05, 3.63) is 52.8 Å². The van der Waals surface area contributed by atoms with Gasteiger partial charge >= 0.3 is 0 Å². The summed E-state index contributed by atoms with van der Waals surface area (Å²) in [5, 5.41) is 7.51. The second kappa shape index (κ2) is 5.45. The summed E-state index contributed by atoms with van der Waals surface area (Å²) >= 11 is 0. The molecule has 2 aromatic rings. The molecule has 2 aliphatic carbocycles. The van der Waals surface area contributed by atoms with E-state index in [1.807, 2.05) is 11.9 Å². The van der Waals surface area contributed by atoms with Gasteiger partial charge in [0.1, 0.15) is 0 Å². The first-order valence-corrected chi connectivity index (χ1v) is 9.20. The fraction of sp³-hybridized carbons (Fsp3) is 0.524. The molecule has 2 saturated carbocycles. The minimum absolute atomic E-state index is 0.000754. The molecule has 0 bridgehead atoms. The number of hydrogen-bond donors (Lipinski definition) is 1. The highest BCUT2D eigenvalue weighted by Gasteiger charge is 2.67. The second-order valence-electron chi connectivity index (χ2n) is 8.59. The first-order chi connectivity index (χ1) is 11.8. The zero-order valence-electron chi connectivity index (χ0n) is 15.6. The Kier molecular flexibility index (Phi) is 3.57.